The Kier molecular flexibility index (Phi) is 9.73. The molecule has 1 aromatic heterocycles. The molecule has 0 radical (unpaired) electrons. The van der Waals surface area contributed by atoms with Crippen molar-refractivity contribution in [2.75, 3.05) is 6.61 Å². The van der Waals surface area contributed by atoms with Crippen LogP contribution in [0.4, 0.5) is 4.39 Å². The molecular formula is C28H25Br3FN3O3. The molecule has 38 heavy (non-hydrogen) atoms. The second kappa shape index (κ2) is 13.0. The molecule has 6 nitrogen and oxygen atoms in total. The van der Waals surface area contributed by atoms with E-state index in [0.717, 1.165) is 22.9 Å². The number of ether oxygens (including phenoxy) is 2. The number of fused-ring (bicyclic) bond motifs is 1. The molecule has 0 N–H and O–H groups in total. The van der Waals surface area contributed by atoms with Gasteiger partial charge in [0.15, 0.2) is 11.5 Å². The highest BCUT2D eigenvalue weighted by Crippen LogP contribution is 2.43. The summed E-state index contributed by atoms with van der Waals surface area (Å²) in [6.45, 7) is 4.62. The monoisotopic (exact) mass is 707 g/mol. The van der Waals surface area contributed by atoms with Gasteiger partial charge in [0.2, 0.25) is 0 Å². The molecule has 0 saturated carbocycles. The summed E-state index contributed by atoms with van der Waals surface area (Å²) in [6.07, 6.45) is 4.07. The minimum absolute atomic E-state index is 0.229. The van der Waals surface area contributed by atoms with E-state index in [4.69, 9.17) is 14.5 Å². The van der Waals surface area contributed by atoms with Gasteiger partial charge < -0.3 is 9.47 Å². The molecule has 0 unspecified atom stereocenters. The number of hydrogen-bond acceptors (Lipinski definition) is 5. The maximum atomic E-state index is 13.4. The Labute approximate surface area is 245 Å². The molecule has 0 saturated heterocycles. The highest BCUT2D eigenvalue weighted by Gasteiger charge is 2.18. The molecule has 3 aromatic carbocycles. The third kappa shape index (κ3) is 6.52. The number of halogens is 4. The Balaban J connectivity index is 1.73. The van der Waals surface area contributed by atoms with E-state index in [-0.39, 0.29) is 18.0 Å². The minimum Gasteiger partial charge on any atom is -0.490 e. The van der Waals surface area contributed by atoms with Crippen molar-refractivity contribution in [3.8, 4) is 11.5 Å². The van der Waals surface area contributed by atoms with E-state index in [9.17, 15) is 9.18 Å². The zero-order chi connectivity index (χ0) is 27.2. The summed E-state index contributed by atoms with van der Waals surface area (Å²) in [5, 5.41) is 5.04. The van der Waals surface area contributed by atoms with Gasteiger partial charge in [-0.2, -0.15) is 9.78 Å². The van der Waals surface area contributed by atoms with Crippen molar-refractivity contribution < 1.29 is 13.9 Å². The summed E-state index contributed by atoms with van der Waals surface area (Å²) >= 11 is 10.7. The maximum absolute atomic E-state index is 13.4. The number of unbranched alkanes of at least 4 members (excludes halogenated alkanes) is 1. The van der Waals surface area contributed by atoms with Gasteiger partial charge in [0, 0.05) is 20.9 Å². The van der Waals surface area contributed by atoms with Crippen molar-refractivity contribution in [1.82, 2.24) is 9.66 Å². The van der Waals surface area contributed by atoms with Crippen molar-refractivity contribution >= 4 is 64.9 Å². The molecule has 0 aliphatic carbocycles. The van der Waals surface area contributed by atoms with Gasteiger partial charge in [0.1, 0.15) is 18.2 Å². The van der Waals surface area contributed by atoms with E-state index in [2.05, 4.69) is 59.8 Å². The van der Waals surface area contributed by atoms with Gasteiger partial charge >= 0.3 is 0 Å². The van der Waals surface area contributed by atoms with E-state index in [0.29, 0.717) is 55.8 Å². The van der Waals surface area contributed by atoms with Crippen molar-refractivity contribution in [3.05, 3.63) is 95.1 Å². The molecule has 0 bridgehead atoms. The number of nitrogens with zero attached hydrogens (tertiary/aromatic N) is 3. The average Bonchev–Trinajstić information content (AvgIpc) is 2.91. The van der Waals surface area contributed by atoms with Gasteiger partial charge in [-0.1, -0.05) is 41.4 Å². The van der Waals surface area contributed by atoms with Crippen molar-refractivity contribution in [2.45, 2.75) is 39.7 Å². The molecule has 1 heterocycles. The predicted molar refractivity (Wildman–Crippen MR) is 159 cm³/mol. The normalized spacial score (nSPS) is 11.4. The first-order valence-electron chi connectivity index (χ1n) is 12.1. The number of hydrogen-bond donors (Lipinski definition) is 0. The van der Waals surface area contributed by atoms with E-state index >= 15 is 0 Å². The maximum Gasteiger partial charge on any atom is 0.282 e. The number of aryl methyl sites for hydroxylation is 1. The van der Waals surface area contributed by atoms with Crippen LogP contribution in [0.2, 0.25) is 0 Å². The van der Waals surface area contributed by atoms with Crippen LogP contribution in [-0.4, -0.2) is 22.5 Å². The summed E-state index contributed by atoms with van der Waals surface area (Å²) in [5.41, 5.74) is 1.90. The van der Waals surface area contributed by atoms with Crippen LogP contribution in [0.3, 0.4) is 0 Å². The number of rotatable bonds is 10. The quantitative estimate of drug-likeness (QED) is 0.157. The third-order valence-electron chi connectivity index (χ3n) is 5.69. The van der Waals surface area contributed by atoms with Crippen LogP contribution < -0.4 is 15.0 Å². The van der Waals surface area contributed by atoms with Crippen LogP contribution in [0, 0.1) is 5.82 Å². The van der Waals surface area contributed by atoms with Gasteiger partial charge in [-0.25, -0.2) is 9.37 Å². The fraction of sp³-hybridized carbons (Fsp3) is 0.250. The lowest BCUT2D eigenvalue weighted by atomic mass is 10.2. The average molecular weight is 710 g/mol. The third-order valence-corrected chi connectivity index (χ3v) is 8.33. The summed E-state index contributed by atoms with van der Waals surface area (Å²) in [5.74, 6) is 1.30. The van der Waals surface area contributed by atoms with Gasteiger partial charge in [-0.3, -0.25) is 4.79 Å². The predicted octanol–water partition coefficient (Wildman–Crippen LogP) is 8.03. The Morgan fingerprint density at radius 2 is 1.79 bits per heavy atom. The van der Waals surface area contributed by atoms with Gasteiger partial charge in [0.25, 0.3) is 5.56 Å². The summed E-state index contributed by atoms with van der Waals surface area (Å²) in [6, 6.07) is 13.4. The summed E-state index contributed by atoms with van der Waals surface area (Å²) < 4.78 is 28.6. The highest BCUT2D eigenvalue weighted by atomic mass is 79.9. The van der Waals surface area contributed by atoms with Crippen LogP contribution in [0.25, 0.3) is 10.9 Å². The Hall–Kier alpha value is -2.56. The van der Waals surface area contributed by atoms with Crippen LogP contribution >= 0.6 is 47.8 Å². The standard InChI is InChI=1S/C28H25Br3FN3O3/c1-3-5-6-24-34-22-12-9-19(29)14-21(22)28(36)35(24)33-15-18-13-23(37-4-2)27(26(31)25(18)30)38-16-17-7-10-20(32)11-8-17/h7-15H,3-6,16H2,1-2H3. The fourth-order valence-corrected chi connectivity index (χ4v) is 5.06. The van der Waals surface area contributed by atoms with Crippen molar-refractivity contribution in [2.24, 2.45) is 5.10 Å². The molecule has 0 spiro atoms. The van der Waals surface area contributed by atoms with E-state index in [1.54, 1.807) is 30.5 Å². The lowest BCUT2D eigenvalue weighted by Gasteiger charge is -2.16. The SMILES string of the molecule is CCCCc1nc2ccc(Br)cc2c(=O)n1N=Cc1cc(OCC)c(OCc2ccc(F)cc2)c(Br)c1Br. The molecule has 0 aliphatic heterocycles. The van der Waals surface area contributed by atoms with Crippen LogP contribution in [0.1, 0.15) is 43.6 Å². The first-order valence-corrected chi connectivity index (χ1v) is 14.5. The van der Waals surface area contributed by atoms with Crippen LogP contribution in [0.15, 0.2) is 71.8 Å². The topological polar surface area (TPSA) is 65.7 Å². The van der Waals surface area contributed by atoms with Gasteiger partial charge in [-0.05, 0) is 87.2 Å². The molecule has 0 atom stereocenters. The second-order valence-electron chi connectivity index (χ2n) is 8.42. The lowest BCUT2D eigenvalue weighted by Crippen LogP contribution is -2.22. The number of aromatic nitrogens is 2. The molecule has 4 aromatic rings. The molecule has 4 rings (SSSR count). The van der Waals surface area contributed by atoms with Crippen molar-refractivity contribution in [3.63, 3.8) is 0 Å². The highest BCUT2D eigenvalue weighted by molar-refractivity contribution is 9.13. The van der Waals surface area contributed by atoms with Crippen LogP contribution in [0.5, 0.6) is 11.5 Å². The summed E-state index contributed by atoms with van der Waals surface area (Å²) in [4.78, 5) is 18.1. The lowest BCUT2D eigenvalue weighted by molar-refractivity contribution is 0.267. The van der Waals surface area contributed by atoms with E-state index in [1.807, 2.05) is 19.1 Å². The Bertz CT molecular complexity index is 1540. The largest absolute Gasteiger partial charge is 0.490 e. The molecule has 198 valence electrons. The molecule has 0 fully saturated rings. The number of benzene rings is 3. The molecule has 0 amide bonds. The molecule has 10 heteroatoms. The molecule has 0 aliphatic rings. The Morgan fingerprint density at radius 1 is 1.03 bits per heavy atom. The first kappa shape index (κ1) is 28.4. The zero-order valence-electron chi connectivity index (χ0n) is 20.8. The van der Waals surface area contributed by atoms with Gasteiger partial charge in [0.05, 0.1) is 28.2 Å². The van der Waals surface area contributed by atoms with E-state index in [1.165, 1.54) is 16.8 Å². The van der Waals surface area contributed by atoms with Crippen molar-refractivity contribution in [1.29, 1.82) is 0 Å². The first-order chi connectivity index (χ1) is 18.3. The smallest absolute Gasteiger partial charge is 0.282 e. The van der Waals surface area contributed by atoms with Gasteiger partial charge in [-0.15, -0.1) is 0 Å². The summed E-state index contributed by atoms with van der Waals surface area (Å²) in [7, 11) is 0. The Morgan fingerprint density at radius 3 is 2.50 bits per heavy atom. The zero-order valence-corrected chi connectivity index (χ0v) is 25.6. The fourth-order valence-electron chi connectivity index (χ4n) is 3.76. The van der Waals surface area contributed by atoms with E-state index < -0.39 is 0 Å². The molecular weight excluding hydrogens is 685 g/mol. The van der Waals surface area contributed by atoms with Crippen LogP contribution in [-0.2, 0) is 13.0 Å². The second-order valence-corrected chi connectivity index (χ2v) is 10.9. The minimum atomic E-state index is -0.303.